The number of carbonyl (C=O) groups is 1. The van der Waals surface area contributed by atoms with Crippen molar-refractivity contribution >= 4 is 34.8 Å². The number of halogens is 2. The van der Waals surface area contributed by atoms with E-state index in [2.05, 4.69) is 33.4 Å². The van der Waals surface area contributed by atoms with Crippen LogP contribution in [-0.2, 0) is 0 Å². The summed E-state index contributed by atoms with van der Waals surface area (Å²) in [7, 11) is 3.03. The van der Waals surface area contributed by atoms with Crippen molar-refractivity contribution in [2.75, 3.05) is 19.1 Å². The number of anilines is 1. The van der Waals surface area contributed by atoms with Crippen molar-refractivity contribution in [2.45, 2.75) is 32.9 Å². The summed E-state index contributed by atoms with van der Waals surface area (Å²) >= 11 is 12.5. The molecule has 4 heterocycles. The second-order valence-electron chi connectivity index (χ2n) is 8.98. The number of rotatable bonds is 6. The monoisotopic (exact) mass is 537 g/mol. The quantitative estimate of drug-likeness (QED) is 0.287. The molecule has 1 aliphatic heterocycles. The molecule has 0 saturated carbocycles. The highest BCUT2D eigenvalue weighted by molar-refractivity contribution is 6.31. The van der Waals surface area contributed by atoms with Gasteiger partial charge in [-0.05, 0) is 56.7 Å². The molecule has 190 valence electrons. The summed E-state index contributed by atoms with van der Waals surface area (Å²) in [5, 5.41) is 1.05. The Bertz CT molecular complexity index is 1500. The molecule has 5 rings (SSSR count). The van der Waals surface area contributed by atoms with Gasteiger partial charge in [-0.25, -0.2) is 4.98 Å². The Labute approximate surface area is 224 Å². The van der Waals surface area contributed by atoms with Gasteiger partial charge in [0.2, 0.25) is 5.88 Å². The second-order valence-corrected chi connectivity index (χ2v) is 9.85. The first-order valence-corrected chi connectivity index (χ1v) is 12.4. The molecule has 1 amide bonds. The third-order valence-electron chi connectivity index (χ3n) is 6.40. The van der Waals surface area contributed by atoms with Crippen LogP contribution < -0.4 is 14.4 Å². The first-order valence-electron chi connectivity index (χ1n) is 11.7. The lowest BCUT2D eigenvalue weighted by Gasteiger charge is -2.29. The Hall–Kier alpha value is -3.62. The highest BCUT2D eigenvalue weighted by Crippen LogP contribution is 2.47. The fourth-order valence-corrected chi connectivity index (χ4v) is 5.09. The van der Waals surface area contributed by atoms with Crippen molar-refractivity contribution in [3.63, 3.8) is 0 Å². The fraction of sp³-hybridized carbons (Fsp3) is 0.259. The lowest BCUT2D eigenvalue weighted by Crippen LogP contribution is -2.31. The van der Waals surface area contributed by atoms with Gasteiger partial charge < -0.3 is 14.0 Å². The summed E-state index contributed by atoms with van der Waals surface area (Å²) < 4.78 is 12.9. The van der Waals surface area contributed by atoms with E-state index in [0.29, 0.717) is 32.7 Å². The Morgan fingerprint density at radius 2 is 1.70 bits per heavy atom. The highest BCUT2D eigenvalue weighted by atomic mass is 35.5. The second kappa shape index (κ2) is 9.68. The first-order chi connectivity index (χ1) is 17.7. The molecule has 0 aliphatic carbocycles. The number of benzene rings is 1. The summed E-state index contributed by atoms with van der Waals surface area (Å²) in [4.78, 5) is 29.1. The molecule has 4 aromatic rings. The van der Waals surface area contributed by atoms with Crippen LogP contribution in [0.15, 0.2) is 48.8 Å². The van der Waals surface area contributed by atoms with Crippen LogP contribution in [0.3, 0.4) is 0 Å². The smallest absolute Gasteiger partial charge is 0.319 e. The van der Waals surface area contributed by atoms with Crippen LogP contribution in [0.1, 0.15) is 53.2 Å². The third-order valence-corrected chi connectivity index (χ3v) is 6.86. The number of nitrogens with zero attached hydrogens (tertiary/aromatic N) is 5. The van der Waals surface area contributed by atoms with Crippen molar-refractivity contribution in [3.05, 3.63) is 81.4 Å². The number of aryl methyl sites for hydroxylation is 1. The summed E-state index contributed by atoms with van der Waals surface area (Å²) in [5.74, 6) is 0.192. The number of carbonyl (C=O) groups excluding carboxylic acids is 1. The van der Waals surface area contributed by atoms with Crippen LogP contribution in [0.4, 0.5) is 5.69 Å². The van der Waals surface area contributed by atoms with Crippen LogP contribution >= 0.6 is 23.2 Å². The summed E-state index contributed by atoms with van der Waals surface area (Å²) in [6.45, 7) is 6.07. The molecular weight excluding hydrogens is 513 g/mol. The molecule has 1 aromatic carbocycles. The number of aromatic nitrogens is 4. The van der Waals surface area contributed by atoms with Gasteiger partial charge in [0.05, 0.1) is 47.5 Å². The zero-order chi connectivity index (χ0) is 26.4. The predicted molar refractivity (Wildman–Crippen MR) is 143 cm³/mol. The Morgan fingerprint density at radius 1 is 0.946 bits per heavy atom. The van der Waals surface area contributed by atoms with Crippen LogP contribution in [0.5, 0.6) is 11.9 Å². The van der Waals surface area contributed by atoms with E-state index >= 15 is 0 Å². The minimum atomic E-state index is -0.516. The van der Waals surface area contributed by atoms with Crippen LogP contribution in [0.2, 0.25) is 10.0 Å². The van der Waals surface area contributed by atoms with Gasteiger partial charge in [0.25, 0.3) is 5.91 Å². The fourth-order valence-electron chi connectivity index (χ4n) is 4.82. The van der Waals surface area contributed by atoms with Crippen molar-refractivity contribution in [1.82, 2.24) is 19.5 Å². The van der Waals surface area contributed by atoms with Gasteiger partial charge in [-0.2, -0.15) is 4.98 Å². The Balaban J connectivity index is 1.79. The summed E-state index contributed by atoms with van der Waals surface area (Å²) in [6.07, 6.45) is 3.24. The van der Waals surface area contributed by atoms with Crippen LogP contribution in [0, 0.1) is 6.92 Å². The number of fused-ring (bicyclic) bond motifs is 1. The van der Waals surface area contributed by atoms with E-state index in [0.717, 1.165) is 22.6 Å². The zero-order valence-corrected chi connectivity index (χ0v) is 22.5. The van der Waals surface area contributed by atoms with Gasteiger partial charge in [-0.15, -0.1) is 0 Å². The molecule has 0 radical (unpaired) electrons. The van der Waals surface area contributed by atoms with Crippen LogP contribution in [-0.4, -0.2) is 39.6 Å². The van der Waals surface area contributed by atoms with Gasteiger partial charge in [0.1, 0.15) is 6.04 Å². The van der Waals surface area contributed by atoms with Gasteiger partial charge >= 0.3 is 6.01 Å². The van der Waals surface area contributed by atoms with Crippen molar-refractivity contribution < 1.29 is 14.3 Å². The zero-order valence-electron chi connectivity index (χ0n) is 21.0. The molecule has 0 bridgehead atoms. The van der Waals surface area contributed by atoms with E-state index in [-0.39, 0.29) is 18.0 Å². The molecule has 1 atom stereocenters. The van der Waals surface area contributed by atoms with Gasteiger partial charge in [0, 0.05) is 29.1 Å². The highest BCUT2D eigenvalue weighted by Gasteiger charge is 2.44. The normalized spacial score (nSPS) is 14.9. The van der Waals surface area contributed by atoms with Gasteiger partial charge in [-0.1, -0.05) is 29.3 Å². The Kier molecular flexibility index (Phi) is 6.56. The molecule has 8 nitrogen and oxygen atoms in total. The SMILES string of the molecule is COc1ncc(-c2cc3c(n2C(C)C)C(c2ccc(Cl)cn2)N(c2cc(Cl)ccc2C)C3=O)c(OC)n1. The van der Waals surface area contributed by atoms with Crippen molar-refractivity contribution in [3.8, 4) is 23.1 Å². The van der Waals surface area contributed by atoms with Crippen molar-refractivity contribution in [2.24, 2.45) is 0 Å². The maximum atomic E-state index is 14.1. The molecule has 37 heavy (non-hydrogen) atoms. The molecule has 3 aromatic heterocycles. The molecule has 0 N–H and O–H groups in total. The maximum Gasteiger partial charge on any atom is 0.319 e. The van der Waals surface area contributed by atoms with Crippen molar-refractivity contribution in [1.29, 1.82) is 0 Å². The van der Waals surface area contributed by atoms with Gasteiger partial charge in [0.15, 0.2) is 0 Å². The lowest BCUT2D eigenvalue weighted by molar-refractivity contribution is 0.0993. The topological polar surface area (TPSA) is 82.4 Å². The minimum absolute atomic E-state index is 0.0198. The number of hydrogen-bond donors (Lipinski definition) is 0. The molecule has 0 fully saturated rings. The number of methoxy groups -OCH3 is 2. The first kappa shape index (κ1) is 25.0. The largest absolute Gasteiger partial charge is 0.480 e. The van der Waals surface area contributed by atoms with E-state index in [1.54, 1.807) is 23.4 Å². The number of hydrogen-bond acceptors (Lipinski definition) is 6. The average molecular weight is 538 g/mol. The maximum absolute atomic E-state index is 14.1. The van der Waals surface area contributed by atoms with E-state index in [1.165, 1.54) is 14.2 Å². The summed E-state index contributed by atoms with van der Waals surface area (Å²) in [5.41, 5.74) is 5.09. The molecular formula is C27H25Cl2N5O3. The van der Waals surface area contributed by atoms with Gasteiger partial charge in [-0.3, -0.25) is 14.7 Å². The standard InChI is InChI=1S/C27H25Cl2N5O3/c1-14(2)33-22(19-13-31-27(37-5)32-25(19)36-4)11-18-23(33)24(20-9-8-17(29)12-30-20)34(26(18)35)21-10-16(28)7-6-15(21)3/h6-14,24H,1-5H3. The lowest BCUT2D eigenvalue weighted by atomic mass is 10.1. The van der Waals surface area contributed by atoms with E-state index in [9.17, 15) is 4.79 Å². The van der Waals surface area contributed by atoms with E-state index < -0.39 is 6.04 Å². The van der Waals surface area contributed by atoms with E-state index in [4.69, 9.17) is 32.7 Å². The predicted octanol–water partition coefficient (Wildman–Crippen LogP) is 6.30. The van der Waals surface area contributed by atoms with Crippen LogP contribution in [0.25, 0.3) is 11.3 Å². The molecule has 1 unspecified atom stereocenters. The minimum Gasteiger partial charge on any atom is -0.480 e. The Morgan fingerprint density at radius 3 is 2.35 bits per heavy atom. The number of ether oxygens (including phenoxy) is 2. The third kappa shape index (κ3) is 4.20. The molecule has 0 spiro atoms. The summed E-state index contributed by atoms with van der Waals surface area (Å²) in [6, 6.07) is 10.7. The molecule has 10 heteroatoms. The van der Waals surface area contributed by atoms with E-state index in [1.807, 2.05) is 37.3 Å². The average Bonchev–Trinajstić information content (AvgIpc) is 3.40. The number of amides is 1. The molecule has 1 aliphatic rings. The number of pyridine rings is 1. The molecule has 0 saturated heterocycles.